The van der Waals surface area contributed by atoms with Crippen LogP contribution in [0.15, 0.2) is 23.3 Å². The van der Waals surface area contributed by atoms with Crippen LogP contribution < -0.4 is 20.9 Å². The second kappa shape index (κ2) is 12.2. The number of pyridine rings is 1. The predicted octanol–water partition coefficient (Wildman–Crippen LogP) is 3.04. The monoisotopic (exact) mass is 418 g/mol. The third-order valence-electron chi connectivity index (χ3n) is 4.74. The Kier molecular flexibility index (Phi) is 9.70. The Balaban J connectivity index is 1.65. The third-order valence-corrected chi connectivity index (χ3v) is 4.74. The van der Waals surface area contributed by atoms with Gasteiger partial charge < -0.3 is 25.6 Å². The summed E-state index contributed by atoms with van der Waals surface area (Å²) in [6, 6.07) is 4.24. The van der Waals surface area contributed by atoms with Crippen LogP contribution in [0.5, 0.6) is 0 Å². The molecule has 1 saturated heterocycles. The van der Waals surface area contributed by atoms with Gasteiger partial charge in [-0.25, -0.2) is 9.78 Å². The highest BCUT2D eigenvalue weighted by molar-refractivity contribution is 5.79. The number of rotatable bonds is 7. The van der Waals surface area contributed by atoms with Gasteiger partial charge in [0.2, 0.25) is 0 Å². The third kappa shape index (κ3) is 9.33. The molecule has 0 radical (unpaired) electrons. The van der Waals surface area contributed by atoms with Crippen molar-refractivity contribution in [3.05, 3.63) is 23.9 Å². The topological polar surface area (TPSA) is 90.9 Å². The lowest BCUT2D eigenvalue weighted by Gasteiger charge is -2.21. The minimum Gasteiger partial charge on any atom is -0.444 e. The van der Waals surface area contributed by atoms with Gasteiger partial charge in [-0.15, -0.1) is 0 Å². The first kappa shape index (κ1) is 23.8. The van der Waals surface area contributed by atoms with E-state index in [1.54, 1.807) is 7.05 Å². The Hall–Kier alpha value is -2.51. The van der Waals surface area contributed by atoms with Crippen molar-refractivity contribution in [2.75, 3.05) is 38.1 Å². The van der Waals surface area contributed by atoms with Crippen LogP contribution in [0.4, 0.5) is 10.6 Å². The summed E-state index contributed by atoms with van der Waals surface area (Å²) in [6.45, 7) is 9.64. The summed E-state index contributed by atoms with van der Waals surface area (Å²) in [5, 5.41) is 9.30. The smallest absolute Gasteiger partial charge is 0.407 e. The van der Waals surface area contributed by atoms with Gasteiger partial charge >= 0.3 is 6.09 Å². The van der Waals surface area contributed by atoms with Crippen molar-refractivity contribution in [3.63, 3.8) is 0 Å². The molecule has 0 aliphatic carbocycles. The van der Waals surface area contributed by atoms with E-state index in [-0.39, 0.29) is 6.09 Å². The molecule has 1 amide bonds. The minimum absolute atomic E-state index is 0.388. The number of aliphatic imine (C=N–C) groups is 1. The van der Waals surface area contributed by atoms with E-state index < -0.39 is 5.60 Å². The van der Waals surface area contributed by atoms with Crippen molar-refractivity contribution in [1.29, 1.82) is 0 Å². The van der Waals surface area contributed by atoms with Gasteiger partial charge in [-0.2, -0.15) is 0 Å². The second-order valence-corrected chi connectivity index (χ2v) is 8.56. The van der Waals surface area contributed by atoms with Gasteiger partial charge in [0.05, 0.1) is 0 Å². The summed E-state index contributed by atoms with van der Waals surface area (Å²) in [5.41, 5.74) is 0.636. The molecule has 2 rings (SSSR count). The lowest BCUT2D eigenvalue weighted by Crippen LogP contribution is -2.39. The van der Waals surface area contributed by atoms with Crippen LogP contribution in [-0.4, -0.2) is 55.9 Å². The molecule has 1 aromatic heterocycles. The molecule has 8 heteroatoms. The van der Waals surface area contributed by atoms with Crippen molar-refractivity contribution in [3.8, 4) is 0 Å². The van der Waals surface area contributed by atoms with Crippen molar-refractivity contribution in [1.82, 2.24) is 20.9 Å². The molecule has 0 saturated carbocycles. The molecule has 1 aliphatic rings. The Bertz CT molecular complexity index is 661. The fourth-order valence-corrected chi connectivity index (χ4v) is 3.21. The average molecular weight is 419 g/mol. The van der Waals surface area contributed by atoms with Gasteiger partial charge in [-0.3, -0.25) is 4.99 Å². The lowest BCUT2D eigenvalue weighted by atomic mass is 10.2. The maximum atomic E-state index is 11.6. The molecular weight excluding hydrogens is 380 g/mol. The number of amides is 1. The van der Waals surface area contributed by atoms with E-state index in [9.17, 15) is 4.79 Å². The molecule has 1 aromatic rings. The van der Waals surface area contributed by atoms with Crippen LogP contribution in [0.25, 0.3) is 0 Å². The fourth-order valence-electron chi connectivity index (χ4n) is 3.21. The van der Waals surface area contributed by atoms with Crippen LogP contribution in [0, 0.1) is 0 Å². The number of alkyl carbamates (subject to hydrolysis) is 1. The number of hydrogen-bond acceptors (Lipinski definition) is 5. The van der Waals surface area contributed by atoms with E-state index in [2.05, 4.69) is 43.0 Å². The maximum absolute atomic E-state index is 11.6. The summed E-state index contributed by atoms with van der Waals surface area (Å²) in [6.07, 6.45) is 7.46. The number of anilines is 1. The number of ether oxygens (including phenoxy) is 1. The molecule has 0 aromatic carbocycles. The highest BCUT2D eigenvalue weighted by atomic mass is 16.6. The summed E-state index contributed by atoms with van der Waals surface area (Å²) >= 11 is 0. The highest BCUT2D eigenvalue weighted by Gasteiger charge is 2.15. The summed E-state index contributed by atoms with van der Waals surface area (Å²) in [4.78, 5) is 22.9. The summed E-state index contributed by atoms with van der Waals surface area (Å²) < 4.78 is 5.21. The molecular formula is C22H38N6O2. The van der Waals surface area contributed by atoms with Gasteiger partial charge in [0.1, 0.15) is 11.4 Å². The number of carbonyl (C=O) groups is 1. The molecule has 3 N–H and O–H groups in total. The van der Waals surface area contributed by atoms with Crippen LogP contribution in [0.1, 0.15) is 58.4 Å². The molecule has 0 unspecified atom stereocenters. The maximum Gasteiger partial charge on any atom is 0.407 e. The molecule has 168 valence electrons. The van der Waals surface area contributed by atoms with E-state index in [0.29, 0.717) is 19.6 Å². The van der Waals surface area contributed by atoms with Gasteiger partial charge in [0, 0.05) is 46.0 Å². The first-order valence-electron chi connectivity index (χ1n) is 11.0. The Morgan fingerprint density at radius 2 is 1.80 bits per heavy atom. The minimum atomic E-state index is -0.478. The molecule has 0 bridgehead atoms. The number of guanidine groups is 1. The van der Waals surface area contributed by atoms with Crippen LogP contribution in [0.2, 0.25) is 0 Å². The van der Waals surface area contributed by atoms with Crippen molar-refractivity contribution < 1.29 is 9.53 Å². The quantitative estimate of drug-likeness (QED) is 0.358. The summed E-state index contributed by atoms with van der Waals surface area (Å²) in [5.74, 6) is 1.80. The van der Waals surface area contributed by atoms with Crippen LogP contribution in [0.3, 0.4) is 0 Å². The van der Waals surface area contributed by atoms with Gasteiger partial charge in [-0.1, -0.05) is 18.9 Å². The first-order valence-corrected chi connectivity index (χ1v) is 11.0. The zero-order valence-electron chi connectivity index (χ0n) is 19.0. The molecule has 0 spiro atoms. The zero-order chi connectivity index (χ0) is 21.8. The lowest BCUT2D eigenvalue weighted by molar-refractivity contribution is 0.0527. The normalized spacial score (nSPS) is 15.3. The largest absolute Gasteiger partial charge is 0.444 e. The van der Waals surface area contributed by atoms with E-state index in [4.69, 9.17) is 4.74 Å². The zero-order valence-corrected chi connectivity index (χ0v) is 19.0. The molecule has 30 heavy (non-hydrogen) atoms. The Morgan fingerprint density at radius 1 is 1.10 bits per heavy atom. The van der Waals surface area contributed by atoms with Gasteiger partial charge in [0.25, 0.3) is 0 Å². The number of carbonyl (C=O) groups excluding carboxylic acids is 1. The van der Waals surface area contributed by atoms with Crippen molar-refractivity contribution in [2.45, 2.75) is 65.0 Å². The number of nitrogens with one attached hydrogen (secondary N) is 3. The molecule has 1 fully saturated rings. The van der Waals surface area contributed by atoms with Crippen LogP contribution >= 0.6 is 0 Å². The Morgan fingerprint density at radius 3 is 2.40 bits per heavy atom. The number of nitrogens with zero attached hydrogens (tertiary/aromatic N) is 3. The van der Waals surface area contributed by atoms with Crippen LogP contribution in [-0.2, 0) is 11.3 Å². The van der Waals surface area contributed by atoms with Crippen molar-refractivity contribution in [2.24, 2.45) is 4.99 Å². The fraction of sp³-hybridized carbons (Fsp3) is 0.682. The summed E-state index contributed by atoms with van der Waals surface area (Å²) in [7, 11) is 1.75. The van der Waals surface area contributed by atoms with E-state index in [0.717, 1.165) is 36.9 Å². The van der Waals surface area contributed by atoms with E-state index in [1.165, 1.54) is 25.7 Å². The van der Waals surface area contributed by atoms with Gasteiger partial charge in [0.15, 0.2) is 5.96 Å². The number of aromatic nitrogens is 1. The Labute approximate surface area is 180 Å². The predicted molar refractivity (Wildman–Crippen MR) is 122 cm³/mol. The average Bonchev–Trinajstić information content (AvgIpc) is 2.98. The molecule has 1 aliphatic heterocycles. The van der Waals surface area contributed by atoms with Gasteiger partial charge in [-0.05, 0) is 51.7 Å². The highest BCUT2D eigenvalue weighted by Crippen LogP contribution is 2.17. The molecule has 8 nitrogen and oxygen atoms in total. The standard InChI is InChI=1S/C22H38N6O2/c1-22(2,3)30-21(29)25-13-9-12-24-20(23-4)27-17-18-10-11-19(26-16-18)28-14-7-5-6-8-15-28/h10-11,16H,5-9,12-15,17H2,1-4H3,(H,25,29)(H2,23,24,27). The number of hydrogen-bond donors (Lipinski definition) is 3. The second-order valence-electron chi connectivity index (χ2n) is 8.56. The molecule has 2 heterocycles. The van der Waals surface area contributed by atoms with E-state index in [1.807, 2.05) is 27.0 Å². The molecule has 0 atom stereocenters. The SMILES string of the molecule is CN=C(NCCCNC(=O)OC(C)(C)C)NCc1ccc(N2CCCCCC2)nc1. The van der Waals surface area contributed by atoms with E-state index >= 15 is 0 Å². The first-order chi connectivity index (χ1) is 14.4. The van der Waals surface area contributed by atoms with Crippen molar-refractivity contribution >= 4 is 17.9 Å².